The average Bonchev–Trinajstić information content (AvgIpc) is 3.37. The smallest absolute Gasteiger partial charge is 0.342 e. The summed E-state index contributed by atoms with van der Waals surface area (Å²) in [7, 11) is -3.67. The lowest BCUT2D eigenvalue weighted by Crippen LogP contribution is -2.16. The van der Waals surface area contributed by atoms with Crippen molar-refractivity contribution in [3.63, 3.8) is 0 Å². The molecule has 3 N–H and O–H groups in total. The molecule has 0 aliphatic heterocycles. The maximum atomic E-state index is 11.9. The molecule has 0 spiro atoms. The van der Waals surface area contributed by atoms with Crippen LogP contribution in [0.4, 0.5) is 0 Å². The summed E-state index contributed by atoms with van der Waals surface area (Å²) in [6.45, 7) is 4.66. The van der Waals surface area contributed by atoms with Crippen molar-refractivity contribution in [2.24, 2.45) is 0 Å². The van der Waals surface area contributed by atoms with Crippen LogP contribution in [0.5, 0.6) is 0 Å². The number of carbonyl (C=O) groups excluding carboxylic acids is 2. The molecule has 2 aromatic rings. The molecule has 0 saturated heterocycles. The zero-order valence-corrected chi connectivity index (χ0v) is 17.2. The topological polar surface area (TPSA) is 165 Å². The lowest BCUT2D eigenvalue weighted by atomic mass is 10.5. The molecule has 0 bridgehead atoms. The first-order valence-corrected chi connectivity index (χ1v) is 9.48. The van der Waals surface area contributed by atoms with Crippen LogP contribution < -0.4 is 0 Å². The Balaban J connectivity index is -0.000000384. The Kier molecular flexibility index (Phi) is 18.9. The van der Waals surface area contributed by atoms with Gasteiger partial charge in [-0.25, -0.2) is 14.5 Å². The number of ketones is 1. The minimum absolute atomic E-state index is 0. The highest BCUT2D eigenvalue weighted by Gasteiger charge is 2.45. The van der Waals surface area contributed by atoms with Crippen molar-refractivity contribution in [1.29, 1.82) is 5.53 Å². The number of H-pyrrole nitrogens is 2. The van der Waals surface area contributed by atoms with E-state index in [1.165, 1.54) is 6.20 Å². The maximum absolute atomic E-state index is 11.9. The van der Waals surface area contributed by atoms with Gasteiger partial charge in [-0.05, 0) is 19.8 Å². The summed E-state index contributed by atoms with van der Waals surface area (Å²) in [5, 5.41) is 0. The van der Waals surface area contributed by atoms with Gasteiger partial charge in [0.05, 0.1) is 23.5 Å². The van der Waals surface area contributed by atoms with Crippen LogP contribution in [-0.4, -0.2) is 63.9 Å². The molecule has 30 heavy (non-hydrogen) atoms. The Morgan fingerprint density at radius 3 is 2.03 bits per heavy atom. The Bertz CT molecular complexity index is 848. The van der Waals surface area contributed by atoms with E-state index in [1.54, 1.807) is 32.4 Å². The van der Waals surface area contributed by atoms with Crippen LogP contribution in [0.1, 0.15) is 44.6 Å². The summed E-state index contributed by atoms with van der Waals surface area (Å²) >= 11 is 0. The molecular weight excluding hydrogens is 410 g/mol. The number of hydrogen-bond acceptors (Lipinski definition) is 8. The first-order valence-electron chi connectivity index (χ1n) is 7.93. The van der Waals surface area contributed by atoms with Gasteiger partial charge in [0.25, 0.3) is 5.78 Å². The Morgan fingerprint density at radius 1 is 1.27 bits per heavy atom. The van der Waals surface area contributed by atoms with Crippen LogP contribution in [0.25, 0.3) is 0 Å². The van der Waals surface area contributed by atoms with E-state index in [-0.39, 0.29) is 29.1 Å². The van der Waals surface area contributed by atoms with E-state index < -0.39 is 18.8 Å². The fourth-order valence-electron chi connectivity index (χ4n) is 1.52. The van der Waals surface area contributed by atoms with Crippen LogP contribution in [-0.2, 0) is 18.4 Å². The van der Waals surface area contributed by atoms with Gasteiger partial charge in [-0.3, -0.25) is 9.59 Å². The second-order valence-electron chi connectivity index (χ2n) is 4.50. The highest BCUT2D eigenvalue weighted by molar-refractivity contribution is 7.74. The summed E-state index contributed by atoms with van der Waals surface area (Å²) in [5.41, 5.74) is 6.28. The molecule has 0 saturated carbocycles. The standard InChI is InChI=1S/C7H14N2O4P.C5H4N2.C4H4N2O.CH4.B/c1-4-12-14(11,13-5-2)7(9-8)6(3)10;1-2-5-6-3-4-7-5;7-3-4-5-1-2-6-4;;/h8H,4-5H2,1-3H3;1,3-4H,(H,6,7);1-3H,(H,5,6);1H4;/q+1;;;;. The van der Waals surface area contributed by atoms with E-state index in [1.807, 2.05) is 0 Å². The summed E-state index contributed by atoms with van der Waals surface area (Å²) in [6, 6.07) is 0. The van der Waals surface area contributed by atoms with E-state index in [2.05, 4.69) is 30.6 Å². The van der Waals surface area contributed by atoms with Crippen molar-refractivity contribution in [3.8, 4) is 12.3 Å². The quantitative estimate of drug-likeness (QED) is 0.114. The number of nitrogens with zero attached hydrogens (tertiary/aromatic N) is 3. The van der Waals surface area contributed by atoms with E-state index in [0.29, 0.717) is 17.9 Å². The molecule has 3 radical (unpaired) electrons. The highest BCUT2D eigenvalue weighted by Crippen LogP contribution is 2.48. The summed E-state index contributed by atoms with van der Waals surface area (Å²) in [4.78, 5) is 36.4. The SMILES string of the molecule is C.C#Cc1ncc[nH]1.CCOP(=O)(OCC)C(=[N+]=N)C(C)=O.O=Cc1ncc[nH]1.[B]. The molecule has 0 amide bonds. The predicted molar refractivity (Wildman–Crippen MR) is 113 cm³/mol. The maximum Gasteiger partial charge on any atom is 0.492 e. The first-order chi connectivity index (χ1) is 13.4. The third kappa shape index (κ3) is 11.7. The molecule has 2 rings (SSSR count). The van der Waals surface area contributed by atoms with Crippen molar-refractivity contribution in [2.45, 2.75) is 28.2 Å². The van der Waals surface area contributed by atoms with Gasteiger partial charge in [0.2, 0.25) is 0 Å². The molecule has 0 fully saturated rings. The number of aromatic amines is 2. The Morgan fingerprint density at radius 2 is 1.80 bits per heavy atom. The molecule has 11 nitrogen and oxygen atoms in total. The monoisotopic (exact) mass is 436 g/mol. The summed E-state index contributed by atoms with van der Waals surface area (Å²) in [6.07, 6.45) is 12.1. The van der Waals surface area contributed by atoms with Crippen LogP contribution in [0.3, 0.4) is 0 Å². The van der Waals surface area contributed by atoms with Crippen molar-refractivity contribution >= 4 is 33.5 Å². The van der Waals surface area contributed by atoms with Gasteiger partial charge in [-0.15, -0.1) is 6.42 Å². The highest BCUT2D eigenvalue weighted by atomic mass is 31.2. The predicted octanol–water partition coefficient (Wildman–Crippen LogP) is 2.35. The Labute approximate surface area is 177 Å². The van der Waals surface area contributed by atoms with Crippen molar-refractivity contribution < 1.29 is 28.0 Å². The summed E-state index contributed by atoms with van der Waals surface area (Å²) in [5.74, 6) is 2.72. The number of hydrogen-bond donors (Lipinski definition) is 3. The van der Waals surface area contributed by atoms with Crippen LogP contribution >= 0.6 is 7.60 Å². The van der Waals surface area contributed by atoms with E-state index >= 15 is 0 Å². The van der Waals surface area contributed by atoms with Gasteiger partial charge in [-0.1, -0.05) is 7.43 Å². The van der Waals surface area contributed by atoms with E-state index in [0.717, 1.165) is 6.92 Å². The molecule has 13 heteroatoms. The molecule has 0 unspecified atom stereocenters. The Hall–Kier alpha value is -3.09. The minimum atomic E-state index is -3.67. The van der Waals surface area contributed by atoms with Gasteiger partial charge in [0.15, 0.2) is 17.9 Å². The fourth-order valence-corrected chi connectivity index (χ4v) is 3.03. The number of aldehydes is 1. The lowest BCUT2D eigenvalue weighted by molar-refractivity contribution is -0.133. The number of carbonyl (C=O) groups is 2. The van der Waals surface area contributed by atoms with Gasteiger partial charge in [0, 0.05) is 40.1 Å². The second-order valence-corrected chi connectivity index (χ2v) is 6.43. The van der Waals surface area contributed by atoms with Gasteiger partial charge < -0.3 is 19.0 Å². The number of terminal acetylenes is 1. The third-order valence-electron chi connectivity index (χ3n) is 2.54. The minimum Gasteiger partial charge on any atom is -0.342 e. The number of Topliss-reactive ketones (excluding diaryl/α,β-unsaturated/α-hetero) is 1. The van der Waals surface area contributed by atoms with Crippen LogP contribution in [0, 0.1) is 17.9 Å². The van der Waals surface area contributed by atoms with Crippen LogP contribution in [0.2, 0.25) is 0 Å². The fraction of sp³-hybridized carbons (Fsp3) is 0.353. The lowest BCUT2D eigenvalue weighted by Gasteiger charge is -2.09. The largest absolute Gasteiger partial charge is 0.492 e. The summed E-state index contributed by atoms with van der Waals surface area (Å²) < 4.78 is 21.6. The number of rotatable bonds is 7. The molecule has 0 atom stereocenters. The number of imidazole rings is 2. The zero-order chi connectivity index (χ0) is 21.4. The molecular formula is C17H26BN6O5P+. The van der Waals surface area contributed by atoms with E-state index in [4.69, 9.17) is 21.0 Å². The van der Waals surface area contributed by atoms with Gasteiger partial charge >= 0.3 is 13.0 Å². The molecule has 0 aliphatic carbocycles. The van der Waals surface area contributed by atoms with Gasteiger partial charge in [0.1, 0.15) is 0 Å². The van der Waals surface area contributed by atoms with Crippen molar-refractivity contribution in [3.05, 3.63) is 36.4 Å². The molecule has 2 heterocycles. The van der Waals surface area contributed by atoms with E-state index in [9.17, 15) is 14.2 Å². The normalized spacial score (nSPS) is 8.87. The van der Waals surface area contributed by atoms with Crippen LogP contribution in [0.15, 0.2) is 24.8 Å². The van der Waals surface area contributed by atoms with Crippen molar-refractivity contribution in [2.75, 3.05) is 13.2 Å². The number of aromatic nitrogens is 4. The van der Waals surface area contributed by atoms with Crippen molar-refractivity contribution in [1.82, 2.24) is 19.9 Å². The average molecular weight is 436 g/mol. The number of nitrogens with one attached hydrogen (secondary N) is 3. The second kappa shape index (κ2) is 18.0. The molecule has 161 valence electrons. The molecule has 2 aromatic heterocycles. The molecule has 0 aliphatic rings. The molecule has 0 aromatic carbocycles. The third-order valence-corrected chi connectivity index (χ3v) is 4.67. The zero-order valence-electron chi connectivity index (χ0n) is 16.3. The first kappa shape index (κ1) is 31.6. The van der Waals surface area contributed by atoms with Gasteiger partial charge in [-0.2, -0.15) is 0 Å².